The Kier molecular flexibility index (Phi) is 13.9. The monoisotopic (exact) mass is 684 g/mol. The second kappa shape index (κ2) is 17.4. The fraction of sp³-hybridized carbons (Fsp3) is 0. The van der Waals surface area contributed by atoms with Crippen molar-refractivity contribution in [2.24, 2.45) is 0 Å². The van der Waals surface area contributed by atoms with Crippen molar-refractivity contribution in [1.29, 1.82) is 0 Å². The van der Waals surface area contributed by atoms with Crippen molar-refractivity contribution in [1.82, 2.24) is 0 Å². The molecule has 10 heteroatoms. The van der Waals surface area contributed by atoms with Gasteiger partial charge in [-0.1, -0.05) is 109 Å². The normalized spacial score (nSPS) is 11.0. The van der Waals surface area contributed by atoms with Crippen LogP contribution in [0.3, 0.4) is 0 Å². The summed E-state index contributed by atoms with van der Waals surface area (Å²) < 4.78 is 36.5. The predicted octanol–water partition coefficient (Wildman–Crippen LogP) is 4.54. The molecule has 0 aliphatic heterocycles. The molecule has 46 heavy (non-hydrogen) atoms. The van der Waals surface area contributed by atoms with Crippen LogP contribution in [0.4, 0.5) is 0 Å². The molecule has 0 amide bonds. The van der Waals surface area contributed by atoms with E-state index in [0.29, 0.717) is 31.8 Å². The van der Waals surface area contributed by atoms with E-state index in [1.807, 2.05) is 36.4 Å². The molecule has 0 bridgehead atoms. The third-order valence-corrected chi connectivity index (χ3v) is 12.6. The van der Waals surface area contributed by atoms with Gasteiger partial charge in [0.15, 0.2) is 17.4 Å². The quantitative estimate of drug-likeness (QED) is 0.176. The van der Waals surface area contributed by atoms with Crippen LogP contribution < -0.4 is 31.8 Å². The smallest absolute Gasteiger partial charge is 0.258 e. The lowest BCUT2D eigenvalue weighted by Crippen LogP contribution is -2.14. The standard InChI is InChI=1S/3C12H11O2P.Al.3H/c3*13-15(14,11-7-3-1-4-8-11)12-9-5-2-6-10-12;;;;/h3*1-10H,(H,13,14);;;;. The minimum absolute atomic E-state index is 0. The van der Waals surface area contributed by atoms with Crippen molar-refractivity contribution < 1.29 is 28.4 Å². The van der Waals surface area contributed by atoms with Crippen LogP contribution in [0.1, 0.15) is 0 Å². The molecule has 3 N–H and O–H groups in total. The van der Waals surface area contributed by atoms with Gasteiger partial charge in [0, 0.05) is 31.8 Å². The first-order chi connectivity index (χ1) is 21.6. The molecular weight excluding hydrogens is 648 g/mol. The Labute approximate surface area is 280 Å². The van der Waals surface area contributed by atoms with Crippen LogP contribution in [0.5, 0.6) is 0 Å². The van der Waals surface area contributed by atoms with Gasteiger partial charge in [-0.25, -0.2) is 0 Å². The summed E-state index contributed by atoms with van der Waals surface area (Å²) in [5.74, 6) is 0. The topological polar surface area (TPSA) is 112 Å². The van der Waals surface area contributed by atoms with Gasteiger partial charge in [-0.2, -0.15) is 0 Å². The maximum atomic E-state index is 12.2. The van der Waals surface area contributed by atoms with E-state index in [4.69, 9.17) is 0 Å². The van der Waals surface area contributed by atoms with Crippen LogP contribution in [-0.2, 0) is 13.7 Å². The van der Waals surface area contributed by atoms with Gasteiger partial charge >= 0.3 is 0 Å². The Balaban J connectivity index is 0.000000186. The minimum Gasteiger partial charge on any atom is -0.338 e. The van der Waals surface area contributed by atoms with Crippen LogP contribution in [0.2, 0.25) is 0 Å². The summed E-state index contributed by atoms with van der Waals surface area (Å²) in [6.07, 6.45) is 0. The second-order valence-electron chi connectivity index (χ2n) is 9.74. The summed E-state index contributed by atoms with van der Waals surface area (Å²) in [6, 6.07) is 52.2. The average molecular weight is 685 g/mol. The highest BCUT2D eigenvalue weighted by Crippen LogP contribution is 2.39. The predicted molar refractivity (Wildman–Crippen MR) is 196 cm³/mol. The Morgan fingerprint density at radius 1 is 0.261 bits per heavy atom. The zero-order valence-corrected chi connectivity index (χ0v) is 26.9. The number of rotatable bonds is 6. The van der Waals surface area contributed by atoms with E-state index < -0.39 is 22.1 Å². The first kappa shape index (κ1) is 36.9. The Morgan fingerprint density at radius 3 is 0.478 bits per heavy atom. The maximum Gasteiger partial charge on any atom is 0.258 e. The number of hydrogen-bond donors (Lipinski definition) is 3. The van der Waals surface area contributed by atoms with Gasteiger partial charge < -0.3 is 14.7 Å². The SMILES string of the molecule is O=P(O)(c1ccccc1)c1ccccc1.O=P(O)(c1ccccc1)c1ccccc1.O=P(O)(c1ccccc1)c1ccccc1.[AlH3]. The molecule has 6 rings (SSSR count). The Hall–Kier alpha value is -3.58. The molecule has 0 saturated carbocycles. The third-order valence-electron chi connectivity index (χ3n) is 6.64. The lowest BCUT2D eigenvalue weighted by atomic mass is 10.4. The van der Waals surface area contributed by atoms with Crippen LogP contribution in [0.25, 0.3) is 0 Å². The molecule has 0 spiro atoms. The van der Waals surface area contributed by atoms with Gasteiger partial charge in [0.2, 0.25) is 0 Å². The van der Waals surface area contributed by atoms with Crippen molar-refractivity contribution in [2.45, 2.75) is 0 Å². The zero-order valence-electron chi connectivity index (χ0n) is 24.2. The molecule has 234 valence electrons. The van der Waals surface area contributed by atoms with Crippen LogP contribution in [-0.4, -0.2) is 32.0 Å². The summed E-state index contributed by atoms with van der Waals surface area (Å²) in [6.45, 7) is 0. The third kappa shape index (κ3) is 9.71. The summed E-state index contributed by atoms with van der Waals surface area (Å²) in [5.41, 5.74) is 0. The largest absolute Gasteiger partial charge is 0.338 e. The fourth-order valence-electron chi connectivity index (χ4n) is 4.23. The van der Waals surface area contributed by atoms with Gasteiger partial charge in [0.05, 0.1) is 0 Å². The fourth-order valence-corrected chi connectivity index (χ4v) is 8.58. The van der Waals surface area contributed by atoms with E-state index in [1.165, 1.54) is 0 Å². The van der Waals surface area contributed by atoms with E-state index in [9.17, 15) is 28.4 Å². The lowest BCUT2D eigenvalue weighted by molar-refractivity contribution is 0.499. The summed E-state index contributed by atoms with van der Waals surface area (Å²) in [5, 5.41) is 2.81. The van der Waals surface area contributed by atoms with E-state index in [1.54, 1.807) is 146 Å². The van der Waals surface area contributed by atoms with Crippen molar-refractivity contribution in [2.75, 3.05) is 0 Å². The number of benzene rings is 6. The molecule has 0 unspecified atom stereocenters. The molecule has 0 fully saturated rings. The molecule has 0 radical (unpaired) electrons. The van der Waals surface area contributed by atoms with Crippen LogP contribution in [0.15, 0.2) is 182 Å². The van der Waals surface area contributed by atoms with Gasteiger partial charge in [0.1, 0.15) is 0 Å². The molecule has 0 saturated heterocycles. The molecule has 6 aromatic carbocycles. The molecule has 0 atom stereocenters. The van der Waals surface area contributed by atoms with Crippen LogP contribution >= 0.6 is 22.1 Å². The van der Waals surface area contributed by atoms with E-state index >= 15 is 0 Å². The zero-order chi connectivity index (χ0) is 32.2. The van der Waals surface area contributed by atoms with Gasteiger partial charge in [-0.05, 0) is 72.8 Å². The Bertz CT molecular complexity index is 1540. The summed E-state index contributed by atoms with van der Waals surface area (Å²) in [4.78, 5) is 30.0. The maximum absolute atomic E-state index is 12.2. The molecule has 0 aliphatic carbocycles. The van der Waals surface area contributed by atoms with Gasteiger partial charge in [0.25, 0.3) is 22.1 Å². The average Bonchev–Trinajstić information content (AvgIpc) is 3.11. The first-order valence-electron chi connectivity index (χ1n) is 14.0. The summed E-state index contributed by atoms with van der Waals surface area (Å²) >= 11 is 0. The van der Waals surface area contributed by atoms with E-state index in [2.05, 4.69) is 0 Å². The molecule has 0 heterocycles. The second-order valence-corrected chi connectivity index (χ2v) is 16.3. The number of hydrogen-bond acceptors (Lipinski definition) is 3. The lowest BCUT2D eigenvalue weighted by Gasteiger charge is -2.11. The van der Waals surface area contributed by atoms with Crippen molar-refractivity contribution in [3.05, 3.63) is 182 Å². The molecular formula is C36H36AlO6P3. The van der Waals surface area contributed by atoms with Crippen LogP contribution in [0, 0.1) is 0 Å². The van der Waals surface area contributed by atoms with E-state index in [-0.39, 0.29) is 17.4 Å². The molecule has 0 aromatic heterocycles. The van der Waals surface area contributed by atoms with Gasteiger partial charge in [-0.3, -0.25) is 13.7 Å². The molecule has 6 nitrogen and oxygen atoms in total. The summed E-state index contributed by atoms with van der Waals surface area (Å²) in [7, 11) is -10.2. The minimum atomic E-state index is -3.40. The Morgan fingerprint density at radius 2 is 0.370 bits per heavy atom. The highest BCUT2D eigenvalue weighted by Gasteiger charge is 2.24. The van der Waals surface area contributed by atoms with Crippen molar-refractivity contribution in [3.8, 4) is 0 Å². The van der Waals surface area contributed by atoms with Crippen molar-refractivity contribution in [3.63, 3.8) is 0 Å². The van der Waals surface area contributed by atoms with E-state index in [0.717, 1.165) is 0 Å². The highest BCUT2D eigenvalue weighted by atomic mass is 31.2. The van der Waals surface area contributed by atoms with Crippen molar-refractivity contribution >= 4 is 71.3 Å². The first-order valence-corrected chi connectivity index (χ1v) is 18.9. The van der Waals surface area contributed by atoms with Gasteiger partial charge in [-0.15, -0.1) is 0 Å². The molecule has 0 aliphatic rings. The highest BCUT2D eigenvalue weighted by molar-refractivity contribution is 7.74. The molecule has 6 aromatic rings.